The average Bonchev–Trinajstić information content (AvgIpc) is 2.82. The van der Waals surface area contributed by atoms with E-state index in [4.69, 9.17) is 4.99 Å². The Morgan fingerprint density at radius 3 is 2.52 bits per heavy atom. The van der Waals surface area contributed by atoms with Gasteiger partial charge in [0.1, 0.15) is 0 Å². The molecular weight excluding hydrogens is 358 g/mol. The van der Waals surface area contributed by atoms with Gasteiger partial charge in [-0.05, 0) is 36.8 Å². The number of aryl methyl sites for hydroxylation is 1. The molecule has 0 radical (unpaired) electrons. The molecule has 1 heterocycles. The summed E-state index contributed by atoms with van der Waals surface area (Å²) < 4.78 is 0. The molecule has 1 saturated heterocycles. The standard InChI is InChI=1S/C18H27N3O2S.ClH/c1-12(2)8-16-11-24-18(20(16)10-13(3)4)19-17-7-6-15(21(22)23)9-14(17)5;/h6-7,9,12-13,16H,8,10-11H2,1-5H3;1H/t16-;/m0./s1. The van der Waals surface area contributed by atoms with Gasteiger partial charge in [-0.1, -0.05) is 39.5 Å². The van der Waals surface area contributed by atoms with E-state index in [1.807, 2.05) is 6.92 Å². The Bertz CT molecular complexity index is 635. The van der Waals surface area contributed by atoms with Crippen molar-refractivity contribution in [3.8, 4) is 0 Å². The zero-order chi connectivity index (χ0) is 17.9. The Hall–Kier alpha value is -1.27. The molecule has 1 aliphatic heterocycles. The first-order valence-electron chi connectivity index (χ1n) is 8.51. The molecule has 1 aromatic carbocycles. The quantitative estimate of drug-likeness (QED) is 0.483. The second-order valence-electron chi connectivity index (χ2n) is 7.26. The predicted molar refractivity (Wildman–Crippen MR) is 109 cm³/mol. The lowest BCUT2D eigenvalue weighted by molar-refractivity contribution is -0.384. The van der Waals surface area contributed by atoms with Gasteiger partial charge in [-0.3, -0.25) is 10.1 Å². The topological polar surface area (TPSA) is 58.7 Å². The number of halogens is 1. The van der Waals surface area contributed by atoms with Crippen LogP contribution in [0.4, 0.5) is 11.4 Å². The number of non-ortho nitro benzene ring substituents is 1. The smallest absolute Gasteiger partial charge is 0.269 e. The summed E-state index contributed by atoms with van der Waals surface area (Å²) in [5.74, 6) is 2.29. The van der Waals surface area contributed by atoms with E-state index in [2.05, 4.69) is 32.6 Å². The van der Waals surface area contributed by atoms with Gasteiger partial charge in [0.25, 0.3) is 5.69 Å². The monoisotopic (exact) mass is 385 g/mol. The molecule has 1 aliphatic rings. The van der Waals surface area contributed by atoms with Crippen LogP contribution in [0.5, 0.6) is 0 Å². The number of hydrogen-bond donors (Lipinski definition) is 0. The maximum atomic E-state index is 10.9. The second-order valence-corrected chi connectivity index (χ2v) is 8.25. The van der Waals surface area contributed by atoms with Crippen LogP contribution >= 0.6 is 24.2 Å². The molecule has 0 unspecified atom stereocenters. The SMILES string of the molecule is Cc1cc([N+](=O)[O-])ccc1N=C1SC[C@H](CC(C)C)N1CC(C)C.Cl. The summed E-state index contributed by atoms with van der Waals surface area (Å²) in [6, 6.07) is 5.40. The van der Waals surface area contributed by atoms with Crippen molar-refractivity contribution < 1.29 is 4.92 Å². The molecule has 2 rings (SSSR count). The lowest BCUT2D eigenvalue weighted by Gasteiger charge is -2.28. The highest BCUT2D eigenvalue weighted by atomic mass is 35.5. The zero-order valence-electron chi connectivity index (χ0n) is 15.6. The number of nitrogens with zero attached hydrogens (tertiary/aromatic N) is 3. The molecule has 0 amide bonds. The molecule has 0 N–H and O–H groups in total. The molecule has 1 aromatic rings. The fraction of sp³-hybridized carbons (Fsp3) is 0.611. The van der Waals surface area contributed by atoms with E-state index >= 15 is 0 Å². The van der Waals surface area contributed by atoms with E-state index in [0.29, 0.717) is 17.9 Å². The summed E-state index contributed by atoms with van der Waals surface area (Å²) >= 11 is 1.80. The van der Waals surface area contributed by atoms with Crippen molar-refractivity contribution in [2.75, 3.05) is 12.3 Å². The van der Waals surface area contributed by atoms with E-state index < -0.39 is 0 Å². The maximum absolute atomic E-state index is 10.9. The Balaban J connectivity index is 0.00000312. The summed E-state index contributed by atoms with van der Waals surface area (Å²) in [5, 5.41) is 11.9. The van der Waals surface area contributed by atoms with Gasteiger partial charge in [-0.25, -0.2) is 4.99 Å². The Morgan fingerprint density at radius 2 is 2.00 bits per heavy atom. The number of rotatable bonds is 6. The first-order chi connectivity index (χ1) is 11.3. The summed E-state index contributed by atoms with van der Waals surface area (Å²) in [6.07, 6.45) is 1.16. The van der Waals surface area contributed by atoms with Gasteiger partial charge >= 0.3 is 0 Å². The van der Waals surface area contributed by atoms with Gasteiger partial charge in [0, 0.05) is 30.5 Å². The first-order valence-corrected chi connectivity index (χ1v) is 9.49. The van der Waals surface area contributed by atoms with Crippen LogP contribution in [0.2, 0.25) is 0 Å². The molecular formula is C18H28ClN3O2S. The minimum atomic E-state index is -0.363. The van der Waals surface area contributed by atoms with Gasteiger partial charge in [0.2, 0.25) is 0 Å². The molecule has 7 heteroatoms. The minimum absolute atomic E-state index is 0. The highest BCUT2D eigenvalue weighted by molar-refractivity contribution is 8.14. The second kappa shape index (κ2) is 9.43. The number of aliphatic imine (C=N–C) groups is 1. The summed E-state index contributed by atoms with van der Waals surface area (Å²) in [6.45, 7) is 11.8. The molecule has 0 aliphatic carbocycles. The number of nitro groups is 1. The molecule has 5 nitrogen and oxygen atoms in total. The van der Waals surface area contributed by atoms with Gasteiger partial charge in [-0.2, -0.15) is 0 Å². The number of thioether (sulfide) groups is 1. The van der Waals surface area contributed by atoms with Crippen molar-refractivity contribution in [2.45, 2.75) is 47.1 Å². The lowest BCUT2D eigenvalue weighted by Crippen LogP contribution is -2.37. The van der Waals surface area contributed by atoms with E-state index in [1.165, 1.54) is 6.07 Å². The fourth-order valence-electron chi connectivity index (χ4n) is 2.94. The maximum Gasteiger partial charge on any atom is 0.269 e. The van der Waals surface area contributed by atoms with Crippen LogP contribution in [-0.4, -0.2) is 33.3 Å². The van der Waals surface area contributed by atoms with Gasteiger partial charge < -0.3 is 4.90 Å². The van der Waals surface area contributed by atoms with Crippen molar-refractivity contribution in [3.05, 3.63) is 33.9 Å². The molecule has 1 fully saturated rings. The highest BCUT2D eigenvalue weighted by Gasteiger charge is 2.31. The van der Waals surface area contributed by atoms with E-state index in [-0.39, 0.29) is 23.0 Å². The highest BCUT2D eigenvalue weighted by Crippen LogP contribution is 2.32. The van der Waals surface area contributed by atoms with Crippen LogP contribution in [0, 0.1) is 28.9 Å². The van der Waals surface area contributed by atoms with E-state index in [9.17, 15) is 10.1 Å². The van der Waals surface area contributed by atoms with Crippen molar-refractivity contribution in [3.63, 3.8) is 0 Å². The third-order valence-electron chi connectivity index (χ3n) is 4.00. The van der Waals surface area contributed by atoms with Crippen LogP contribution in [0.1, 0.15) is 39.7 Å². The summed E-state index contributed by atoms with van der Waals surface area (Å²) in [7, 11) is 0. The van der Waals surface area contributed by atoms with Crippen molar-refractivity contribution in [1.29, 1.82) is 0 Å². The van der Waals surface area contributed by atoms with Crippen molar-refractivity contribution in [1.82, 2.24) is 4.90 Å². The molecule has 1 atom stereocenters. The van der Waals surface area contributed by atoms with Gasteiger partial charge in [0.05, 0.1) is 10.6 Å². The first kappa shape index (κ1) is 21.8. The minimum Gasteiger partial charge on any atom is -0.347 e. The number of benzene rings is 1. The fourth-order valence-corrected chi connectivity index (χ4v) is 4.15. The summed E-state index contributed by atoms with van der Waals surface area (Å²) in [4.78, 5) is 17.8. The van der Waals surface area contributed by atoms with Crippen molar-refractivity contribution in [2.24, 2.45) is 16.8 Å². The van der Waals surface area contributed by atoms with Crippen LogP contribution in [0.3, 0.4) is 0 Å². The lowest BCUT2D eigenvalue weighted by atomic mass is 10.0. The average molecular weight is 386 g/mol. The largest absolute Gasteiger partial charge is 0.347 e. The summed E-state index contributed by atoms with van der Waals surface area (Å²) in [5.41, 5.74) is 1.78. The Labute approximate surface area is 160 Å². The van der Waals surface area contributed by atoms with E-state index in [1.54, 1.807) is 23.9 Å². The zero-order valence-corrected chi connectivity index (χ0v) is 17.2. The predicted octanol–water partition coefficient (Wildman–Crippen LogP) is 5.43. The van der Waals surface area contributed by atoms with Gasteiger partial charge in [0.15, 0.2) is 5.17 Å². The molecule has 0 spiro atoms. The molecule has 0 aromatic heterocycles. The van der Waals surface area contributed by atoms with Crippen LogP contribution in [0.15, 0.2) is 23.2 Å². The van der Waals surface area contributed by atoms with Crippen LogP contribution < -0.4 is 0 Å². The molecule has 0 bridgehead atoms. The Morgan fingerprint density at radius 1 is 1.32 bits per heavy atom. The normalized spacial score (nSPS) is 18.9. The molecule has 140 valence electrons. The number of nitro benzene ring substituents is 1. The Kier molecular flexibility index (Phi) is 8.22. The van der Waals surface area contributed by atoms with Gasteiger partial charge in [-0.15, -0.1) is 12.4 Å². The van der Waals surface area contributed by atoms with E-state index in [0.717, 1.165) is 35.1 Å². The van der Waals surface area contributed by atoms with Crippen molar-refractivity contribution >= 4 is 40.7 Å². The number of hydrogen-bond acceptors (Lipinski definition) is 4. The number of amidine groups is 1. The molecule has 25 heavy (non-hydrogen) atoms. The molecule has 0 saturated carbocycles. The van der Waals surface area contributed by atoms with Crippen LogP contribution in [-0.2, 0) is 0 Å². The third-order valence-corrected chi connectivity index (χ3v) is 5.14. The van der Waals surface area contributed by atoms with Crippen LogP contribution in [0.25, 0.3) is 0 Å². The third kappa shape index (κ3) is 5.89.